The summed E-state index contributed by atoms with van der Waals surface area (Å²) in [5.41, 5.74) is 7.27. The highest BCUT2D eigenvalue weighted by atomic mass is 19.1. The Labute approximate surface area is 109 Å². The number of anilines is 1. The van der Waals surface area contributed by atoms with Crippen LogP contribution >= 0.6 is 0 Å². The second-order valence-electron chi connectivity index (χ2n) is 5.48. The number of rotatable bonds is 3. The predicted molar refractivity (Wildman–Crippen MR) is 74.1 cm³/mol. The molecule has 2 nitrogen and oxygen atoms in total. The maximum atomic E-state index is 13.7. The number of hydrogen-bond acceptors (Lipinski definition) is 2. The SMILES string of the molecule is CC1CCCC(N(C)c2cccc(F)c2CN)C1. The van der Waals surface area contributed by atoms with Crippen molar-refractivity contribution in [2.45, 2.75) is 45.2 Å². The van der Waals surface area contributed by atoms with Gasteiger partial charge in [-0.1, -0.05) is 25.8 Å². The molecule has 0 heterocycles. The van der Waals surface area contributed by atoms with Crippen LogP contribution in [0.3, 0.4) is 0 Å². The molecule has 0 aliphatic heterocycles. The fourth-order valence-electron chi connectivity index (χ4n) is 3.03. The van der Waals surface area contributed by atoms with Crippen molar-refractivity contribution in [1.29, 1.82) is 0 Å². The molecule has 0 radical (unpaired) electrons. The standard InChI is InChI=1S/C15H23FN2/c1-11-5-3-6-12(9-11)18(2)15-8-4-7-14(16)13(15)10-17/h4,7-8,11-12H,3,5-6,9-10,17H2,1-2H3. The van der Waals surface area contributed by atoms with Crippen LogP contribution in [0.2, 0.25) is 0 Å². The van der Waals surface area contributed by atoms with Crippen molar-refractivity contribution in [2.75, 3.05) is 11.9 Å². The summed E-state index contributed by atoms with van der Waals surface area (Å²) in [4.78, 5) is 2.22. The lowest BCUT2D eigenvalue weighted by Gasteiger charge is -2.36. The third-order valence-electron chi connectivity index (χ3n) is 4.13. The van der Waals surface area contributed by atoms with Crippen LogP contribution in [0.25, 0.3) is 0 Å². The van der Waals surface area contributed by atoms with Gasteiger partial charge in [-0.15, -0.1) is 0 Å². The van der Waals surface area contributed by atoms with Gasteiger partial charge in [-0.25, -0.2) is 4.39 Å². The summed E-state index contributed by atoms with van der Waals surface area (Å²) in [7, 11) is 2.07. The maximum Gasteiger partial charge on any atom is 0.129 e. The summed E-state index contributed by atoms with van der Waals surface area (Å²) in [6, 6.07) is 5.75. The Morgan fingerprint density at radius 2 is 2.17 bits per heavy atom. The van der Waals surface area contributed by atoms with Gasteiger partial charge in [0.25, 0.3) is 0 Å². The Morgan fingerprint density at radius 3 is 2.83 bits per heavy atom. The predicted octanol–water partition coefficient (Wildman–Crippen LogP) is 3.30. The van der Waals surface area contributed by atoms with Gasteiger partial charge in [-0.05, 0) is 30.9 Å². The van der Waals surface area contributed by atoms with Crippen LogP contribution < -0.4 is 10.6 Å². The topological polar surface area (TPSA) is 29.3 Å². The van der Waals surface area contributed by atoms with Gasteiger partial charge in [0.05, 0.1) is 0 Å². The lowest BCUT2D eigenvalue weighted by Crippen LogP contribution is -2.36. The zero-order valence-electron chi connectivity index (χ0n) is 11.3. The van der Waals surface area contributed by atoms with Gasteiger partial charge in [-0.2, -0.15) is 0 Å². The third-order valence-corrected chi connectivity index (χ3v) is 4.13. The minimum absolute atomic E-state index is 0.189. The van der Waals surface area contributed by atoms with Gasteiger partial charge in [0.2, 0.25) is 0 Å². The minimum atomic E-state index is -0.189. The van der Waals surface area contributed by atoms with Crippen molar-refractivity contribution in [3.05, 3.63) is 29.6 Å². The lowest BCUT2D eigenvalue weighted by atomic mass is 9.86. The third kappa shape index (κ3) is 2.66. The quantitative estimate of drug-likeness (QED) is 0.892. The summed E-state index contributed by atoms with van der Waals surface area (Å²) in [5.74, 6) is 0.576. The smallest absolute Gasteiger partial charge is 0.129 e. The first kappa shape index (κ1) is 13.3. The first-order valence-electron chi connectivity index (χ1n) is 6.83. The molecule has 1 aromatic rings. The molecular formula is C15H23FN2. The molecule has 1 fully saturated rings. The Bertz CT molecular complexity index is 405. The molecule has 0 amide bonds. The zero-order valence-corrected chi connectivity index (χ0v) is 11.3. The van der Waals surface area contributed by atoms with Crippen molar-refractivity contribution >= 4 is 5.69 Å². The van der Waals surface area contributed by atoms with Crippen LogP contribution in [0.15, 0.2) is 18.2 Å². The van der Waals surface area contributed by atoms with Crippen LogP contribution in [0, 0.1) is 11.7 Å². The summed E-state index contributed by atoms with van der Waals surface area (Å²) < 4.78 is 13.7. The highest BCUT2D eigenvalue weighted by Crippen LogP contribution is 2.31. The van der Waals surface area contributed by atoms with Crippen molar-refractivity contribution in [3.63, 3.8) is 0 Å². The number of halogens is 1. The molecule has 100 valence electrons. The molecule has 2 atom stereocenters. The van der Waals surface area contributed by atoms with Crippen LogP contribution in [0.1, 0.15) is 38.2 Å². The highest BCUT2D eigenvalue weighted by Gasteiger charge is 2.24. The molecular weight excluding hydrogens is 227 g/mol. The van der Waals surface area contributed by atoms with E-state index in [1.165, 1.54) is 31.7 Å². The van der Waals surface area contributed by atoms with E-state index in [1.807, 2.05) is 6.07 Å². The minimum Gasteiger partial charge on any atom is -0.371 e. The summed E-state index contributed by atoms with van der Waals surface area (Å²) in [6.45, 7) is 2.56. The van der Waals surface area contributed by atoms with E-state index in [9.17, 15) is 4.39 Å². The molecule has 1 aliphatic carbocycles. The molecule has 3 heteroatoms. The van der Waals surface area contributed by atoms with E-state index in [4.69, 9.17) is 5.73 Å². The molecule has 2 rings (SSSR count). The average Bonchev–Trinajstić information content (AvgIpc) is 2.37. The van der Waals surface area contributed by atoms with Gasteiger partial charge >= 0.3 is 0 Å². The van der Waals surface area contributed by atoms with Crippen LogP contribution in [0.5, 0.6) is 0 Å². The molecule has 2 unspecified atom stereocenters. The van der Waals surface area contributed by atoms with E-state index < -0.39 is 0 Å². The average molecular weight is 250 g/mol. The van der Waals surface area contributed by atoms with Gasteiger partial charge < -0.3 is 10.6 Å². The fourth-order valence-corrected chi connectivity index (χ4v) is 3.03. The Hall–Kier alpha value is -1.09. The number of nitrogens with two attached hydrogens (primary N) is 1. The van der Waals surface area contributed by atoms with Crippen molar-refractivity contribution in [1.82, 2.24) is 0 Å². The zero-order chi connectivity index (χ0) is 13.1. The molecule has 1 aromatic carbocycles. The largest absolute Gasteiger partial charge is 0.371 e. The normalized spacial score (nSPS) is 24.0. The Balaban J connectivity index is 2.22. The van der Waals surface area contributed by atoms with Crippen LogP contribution in [0.4, 0.5) is 10.1 Å². The van der Waals surface area contributed by atoms with E-state index in [0.29, 0.717) is 11.6 Å². The number of nitrogens with zero attached hydrogens (tertiary/aromatic N) is 1. The molecule has 18 heavy (non-hydrogen) atoms. The molecule has 0 aromatic heterocycles. The van der Waals surface area contributed by atoms with Crippen molar-refractivity contribution in [3.8, 4) is 0 Å². The maximum absolute atomic E-state index is 13.7. The second-order valence-corrected chi connectivity index (χ2v) is 5.48. The highest BCUT2D eigenvalue weighted by molar-refractivity contribution is 5.54. The van der Waals surface area contributed by atoms with Crippen molar-refractivity contribution in [2.24, 2.45) is 11.7 Å². The van der Waals surface area contributed by atoms with Crippen LogP contribution in [-0.4, -0.2) is 13.1 Å². The number of benzene rings is 1. The Kier molecular flexibility index (Phi) is 4.23. The summed E-state index contributed by atoms with van der Waals surface area (Å²) >= 11 is 0. The van der Waals surface area contributed by atoms with Gasteiger partial charge in [-0.3, -0.25) is 0 Å². The van der Waals surface area contributed by atoms with E-state index >= 15 is 0 Å². The summed E-state index contributed by atoms with van der Waals surface area (Å²) in [5, 5.41) is 0. The second kappa shape index (κ2) is 5.70. The number of hydrogen-bond donors (Lipinski definition) is 1. The first-order valence-corrected chi connectivity index (χ1v) is 6.83. The molecule has 0 bridgehead atoms. The molecule has 1 aliphatic rings. The van der Waals surface area contributed by atoms with E-state index in [1.54, 1.807) is 6.07 Å². The molecule has 0 saturated heterocycles. The molecule has 1 saturated carbocycles. The van der Waals surface area contributed by atoms with E-state index in [2.05, 4.69) is 18.9 Å². The lowest BCUT2D eigenvalue weighted by molar-refractivity contribution is 0.336. The van der Waals surface area contributed by atoms with Crippen LogP contribution in [-0.2, 0) is 6.54 Å². The van der Waals surface area contributed by atoms with Gasteiger partial charge in [0, 0.05) is 30.9 Å². The Morgan fingerprint density at radius 1 is 1.39 bits per heavy atom. The van der Waals surface area contributed by atoms with E-state index in [-0.39, 0.29) is 12.4 Å². The molecule has 2 N–H and O–H groups in total. The van der Waals surface area contributed by atoms with Crippen molar-refractivity contribution < 1.29 is 4.39 Å². The first-order chi connectivity index (χ1) is 8.63. The summed E-state index contributed by atoms with van der Waals surface area (Å²) in [6.07, 6.45) is 4.97. The monoisotopic (exact) mass is 250 g/mol. The fraction of sp³-hybridized carbons (Fsp3) is 0.600. The molecule has 0 spiro atoms. The van der Waals surface area contributed by atoms with Gasteiger partial charge in [0.1, 0.15) is 5.82 Å². The van der Waals surface area contributed by atoms with Gasteiger partial charge in [0.15, 0.2) is 0 Å². The van der Waals surface area contributed by atoms with E-state index in [0.717, 1.165) is 11.6 Å².